The number of hydrogen-bond donors (Lipinski definition) is 1. The zero-order valence-corrected chi connectivity index (χ0v) is 11.2. The molecule has 0 saturated carbocycles. The highest BCUT2D eigenvalue weighted by molar-refractivity contribution is 5.38. The molecule has 1 aromatic rings. The maximum atomic E-state index is 13.2. The number of ether oxygens (including phenoxy) is 2. The molecule has 1 saturated heterocycles. The van der Waals surface area contributed by atoms with Gasteiger partial charge in [0, 0.05) is 24.8 Å². The second-order valence-electron chi connectivity index (χ2n) is 5.85. The van der Waals surface area contributed by atoms with E-state index in [0.717, 1.165) is 12.8 Å². The molecular formula is C15H19FO3. The summed E-state index contributed by atoms with van der Waals surface area (Å²) in [5.74, 6) is 0.257. The fourth-order valence-corrected chi connectivity index (χ4v) is 3.48. The first kappa shape index (κ1) is 12.9. The Morgan fingerprint density at radius 1 is 1.21 bits per heavy atom. The molecule has 0 aliphatic carbocycles. The van der Waals surface area contributed by atoms with Crippen molar-refractivity contribution in [1.82, 2.24) is 0 Å². The quantitative estimate of drug-likeness (QED) is 0.784. The van der Waals surface area contributed by atoms with Crippen LogP contribution in [0.5, 0.6) is 5.75 Å². The van der Waals surface area contributed by atoms with E-state index in [2.05, 4.69) is 0 Å². The Bertz CT molecular complexity index is 478. The van der Waals surface area contributed by atoms with Gasteiger partial charge in [-0.2, -0.15) is 0 Å². The molecule has 19 heavy (non-hydrogen) atoms. The molecule has 2 unspecified atom stereocenters. The maximum absolute atomic E-state index is 13.2. The molecule has 3 nitrogen and oxygen atoms in total. The van der Waals surface area contributed by atoms with Crippen molar-refractivity contribution < 1.29 is 19.0 Å². The fraction of sp³-hybridized carbons (Fsp3) is 0.600. The van der Waals surface area contributed by atoms with Crippen LogP contribution in [0.3, 0.4) is 0 Å². The van der Waals surface area contributed by atoms with Crippen LogP contribution in [0.1, 0.15) is 44.8 Å². The minimum atomic E-state index is -0.669. The van der Waals surface area contributed by atoms with Gasteiger partial charge in [-0.3, -0.25) is 0 Å². The Morgan fingerprint density at radius 3 is 2.58 bits per heavy atom. The van der Waals surface area contributed by atoms with Crippen LogP contribution < -0.4 is 4.74 Å². The maximum Gasteiger partial charge on any atom is 0.126 e. The number of benzene rings is 1. The Hall–Kier alpha value is -1.13. The summed E-state index contributed by atoms with van der Waals surface area (Å²) in [7, 11) is 0. The first-order chi connectivity index (χ1) is 8.97. The summed E-state index contributed by atoms with van der Waals surface area (Å²) < 4.78 is 25.1. The number of rotatable bonds is 0. The molecule has 3 atom stereocenters. The minimum absolute atomic E-state index is 0.109. The largest absolute Gasteiger partial charge is 0.487 e. The van der Waals surface area contributed by atoms with Crippen LogP contribution in [-0.4, -0.2) is 22.9 Å². The number of aliphatic hydroxyl groups excluding tert-OH is 1. The summed E-state index contributed by atoms with van der Waals surface area (Å²) in [6, 6.07) is 4.34. The van der Waals surface area contributed by atoms with Crippen molar-refractivity contribution in [2.24, 2.45) is 0 Å². The molecule has 0 aromatic heterocycles. The van der Waals surface area contributed by atoms with Gasteiger partial charge in [0.2, 0.25) is 0 Å². The van der Waals surface area contributed by atoms with Gasteiger partial charge in [0.25, 0.3) is 0 Å². The van der Waals surface area contributed by atoms with E-state index in [-0.39, 0.29) is 23.6 Å². The SMILES string of the molecule is CC1CC2(CC(C)O1)C[C@H](O)c1cc(F)ccc1O2. The Kier molecular flexibility index (Phi) is 3.02. The zero-order chi connectivity index (χ0) is 13.6. The molecular weight excluding hydrogens is 247 g/mol. The molecule has 1 N–H and O–H groups in total. The number of hydrogen-bond acceptors (Lipinski definition) is 3. The topological polar surface area (TPSA) is 38.7 Å². The van der Waals surface area contributed by atoms with Crippen LogP contribution in [0.25, 0.3) is 0 Å². The average molecular weight is 266 g/mol. The second-order valence-corrected chi connectivity index (χ2v) is 5.85. The van der Waals surface area contributed by atoms with E-state index in [0.29, 0.717) is 17.7 Å². The first-order valence-electron chi connectivity index (χ1n) is 6.79. The van der Waals surface area contributed by atoms with Crippen molar-refractivity contribution in [3.8, 4) is 5.75 Å². The summed E-state index contributed by atoms with van der Waals surface area (Å²) >= 11 is 0. The van der Waals surface area contributed by atoms with E-state index in [1.165, 1.54) is 12.1 Å². The Morgan fingerprint density at radius 2 is 1.89 bits per heavy atom. The molecule has 0 radical (unpaired) electrons. The van der Waals surface area contributed by atoms with Crippen LogP contribution in [-0.2, 0) is 4.74 Å². The molecule has 2 aliphatic heterocycles. The van der Waals surface area contributed by atoms with Gasteiger partial charge >= 0.3 is 0 Å². The Labute approximate surface area is 112 Å². The van der Waals surface area contributed by atoms with Crippen LogP contribution in [0.15, 0.2) is 18.2 Å². The lowest BCUT2D eigenvalue weighted by atomic mass is 9.79. The highest BCUT2D eigenvalue weighted by atomic mass is 19.1. The predicted octanol–water partition coefficient (Wildman–Crippen LogP) is 2.97. The number of aliphatic hydroxyl groups is 1. The van der Waals surface area contributed by atoms with Crippen molar-refractivity contribution in [1.29, 1.82) is 0 Å². The van der Waals surface area contributed by atoms with E-state index in [1.54, 1.807) is 6.07 Å². The number of halogens is 1. The van der Waals surface area contributed by atoms with Crippen LogP contribution in [0.4, 0.5) is 4.39 Å². The second kappa shape index (κ2) is 4.46. The summed E-state index contributed by atoms with van der Waals surface area (Å²) in [6.45, 7) is 4.04. The van der Waals surface area contributed by atoms with E-state index in [4.69, 9.17) is 9.47 Å². The lowest BCUT2D eigenvalue weighted by Crippen LogP contribution is -2.50. The third-order valence-electron chi connectivity index (χ3n) is 4.01. The lowest BCUT2D eigenvalue weighted by molar-refractivity contribution is -0.140. The summed E-state index contributed by atoms with van der Waals surface area (Å²) in [6.07, 6.45) is 1.56. The van der Waals surface area contributed by atoms with Gasteiger partial charge < -0.3 is 14.6 Å². The molecule has 2 aliphatic rings. The highest BCUT2D eigenvalue weighted by Crippen LogP contribution is 2.46. The van der Waals surface area contributed by atoms with Gasteiger partial charge in [-0.15, -0.1) is 0 Å². The average Bonchev–Trinajstić information content (AvgIpc) is 2.28. The van der Waals surface area contributed by atoms with Crippen molar-refractivity contribution in [2.75, 3.05) is 0 Å². The van der Waals surface area contributed by atoms with Gasteiger partial charge in [-0.1, -0.05) is 0 Å². The van der Waals surface area contributed by atoms with Crippen LogP contribution in [0.2, 0.25) is 0 Å². The molecule has 4 heteroatoms. The van der Waals surface area contributed by atoms with E-state index < -0.39 is 6.10 Å². The van der Waals surface area contributed by atoms with Crippen molar-refractivity contribution in [2.45, 2.75) is 57.0 Å². The standard InChI is InChI=1S/C15H19FO3/c1-9-6-15(7-10(2)18-9)8-13(17)12-5-11(16)3-4-14(12)19-15/h3-5,9-10,13,17H,6-8H2,1-2H3/t9?,10?,13-,15?/m0/s1. The van der Waals surface area contributed by atoms with Gasteiger partial charge in [0.05, 0.1) is 18.3 Å². The van der Waals surface area contributed by atoms with Gasteiger partial charge in [0.1, 0.15) is 17.2 Å². The van der Waals surface area contributed by atoms with Gasteiger partial charge in [-0.25, -0.2) is 4.39 Å². The predicted molar refractivity (Wildman–Crippen MR) is 68.6 cm³/mol. The lowest BCUT2D eigenvalue weighted by Gasteiger charge is -2.46. The van der Waals surface area contributed by atoms with Crippen molar-refractivity contribution in [3.63, 3.8) is 0 Å². The van der Waals surface area contributed by atoms with E-state index in [9.17, 15) is 9.50 Å². The summed E-state index contributed by atoms with van der Waals surface area (Å²) in [5.41, 5.74) is 0.166. The molecule has 0 amide bonds. The fourth-order valence-electron chi connectivity index (χ4n) is 3.48. The zero-order valence-electron chi connectivity index (χ0n) is 11.2. The molecule has 3 rings (SSSR count). The normalized spacial score (nSPS) is 37.8. The molecule has 0 bridgehead atoms. The van der Waals surface area contributed by atoms with Crippen molar-refractivity contribution >= 4 is 0 Å². The third-order valence-corrected chi connectivity index (χ3v) is 4.01. The first-order valence-corrected chi connectivity index (χ1v) is 6.79. The van der Waals surface area contributed by atoms with Crippen LogP contribution >= 0.6 is 0 Å². The molecule has 2 heterocycles. The van der Waals surface area contributed by atoms with Crippen molar-refractivity contribution in [3.05, 3.63) is 29.6 Å². The van der Waals surface area contributed by atoms with E-state index in [1.807, 2.05) is 13.8 Å². The van der Waals surface area contributed by atoms with Gasteiger partial charge in [0.15, 0.2) is 0 Å². The number of fused-ring (bicyclic) bond motifs is 1. The van der Waals surface area contributed by atoms with E-state index >= 15 is 0 Å². The van der Waals surface area contributed by atoms with Gasteiger partial charge in [-0.05, 0) is 32.0 Å². The third kappa shape index (κ3) is 2.35. The minimum Gasteiger partial charge on any atom is -0.487 e. The molecule has 104 valence electrons. The molecule has 1 aromatic carbocycles. The monoisotopic (exact) mass is 266 g/mol. The molecule has 1 spiro atoms. The smallest absolute Gasteiger partial charge is 0.126 e. The van der Waals surface area contributed by atoms with Crippen LogP contribution in [0, 0.1) is 5.82 Å². The Balaban J connectivity index is 1.94. The molecule has 1 fully saturated rings. The summed E-state index contributed by atoms with van der Waals surface area (Å²) in [5, 5.41) is 10.3. The summed E-state index contributed by atoms with van der Waals surface area (Å²) in [4.78, 5) is 0. The highest BCUT2D eigenvalue weighted by Gasteiger charge is 2.45.